The molecule has 5 rings (SSSR count). The van der Waals surface area contributed by atoms with Gasteiger partial charge in [0.1, 0.15) is 5.75 Å². The largest absolute Gasteiger partial charge is 0.497 e. The summed E-state index contributed by atoms with van der Waals surface area (Å²) in [4.78, 5) is 18.3. The molecule has 4 aromatic rings. The zero-order valence-corrected chi connectivity index (χ0v) is 18.0. The van der Waals surface area contributed by atoms with Crippen molar-refractivity contribution in [3.05, 3.63) is 72.8 Å². The van der Waals surface area contributed by atoms with E-state index in [0.29, 0.717) is 0 Å². The lowest BCUT2D eigenvalue weighted by molar-refractivity contribution is 0.0753. The Balaban J connectivity index is 1.36. The molecule has 5 heteroatoms. The molecular formula is C26H27N3O2. The third-order valence-electron chi connectivity index (χ3n) is 6.46. The predicted octanol–water partition coefficient (Wildman–Crippen LogP) is 4.65. The van der Waals surface area contributed by atoms with Crippen LogP contribution in [0.5, 0.6) is 5.75 Å². The molecule has 0 unspecified atom stereocenters. The number of aromatic nitrogens is 1. The molecule has 1 fully saturated rings. The summed E-state index contributed by atoms with van der Waals surface area (Å²) < 4.78 is 7.17. The number of nitrogens with zero attached hydrogens (tertiary/aromatic N) is 3. The summed E-state index contributed by atoms with van der Waals surface area (Å²) in [5, 5.41) is 2.26. The highest BCUT2D eigenvalue weighted by molar-refractivity contribution is 6.13. The van der Waals surface area contributed by atoms with Crippen LogP contribution in [0, 0.1) is 0 Å². The monoisotopic (exact) mass is 413 g/mol. The number of anilines is 1. The standard InChI is InChI=1S/C26H27N3O2/c1-19(27-15-17-28(18-16-27)20-11-13-21(31-2)14-12-20)26(30)29-24-9-5-3-7-22(24)23-8-4-6-10-25(23)29/h3-14,19H,15-18H2,1-2H3/t19-/m0/s1. The highest BCUT2D eigenvalue weighted by Gasteiger charge is 2.28. The number of hydrogen-bond donors (Lipinski definition) is 0. The third-order valence-corrected chi connectivity index (χ3v) is 6.46. The normalized spacial score (nSPS) is 16.0. The lowest BCUT2D eigenvalue weighted by atomic mass is 10.2. The van der Waals surface area contributed by atoms with Gasteiger partial charge >= 0.3 is 0 Å². The van der Waals surface area contributed by atoms with Crippen molar-refractivity contribution in [2.75, 3.05) is 38.2 Å². The van der Waals surface area contributed by atoms with Crippen LogP contribution in [0.15, 0.2) is 72.8 Å². The molecule has 1 aliphatic heterocycles. The van der Waals surface area contributed by atoms with E-state index in [1.807, 2.05) is 60.0 Å². The quantitative estimate of drug-likeness (QED) is 0.488. The number of fused-ring (bicyclic) bond motifs is 3. The van der Waals surface area contributed by atoms with Crippen molar-refractivity contribution in [2.24, 2.45) is 0 Å². The van der Waals surface area contributed by atoms with Gasteiger partial charge in [0.15, 0.2) is 0 Å². The molecule has 5 nitrogen and oxygen atoms in total. The minimum Gasteiger partial charge on any atom is -0.497 e. The van der Waals surface area contributed by atoms with Crippen molar-refractivity contribution >= 4 is 33.4 Å². The van der Waals surface area contributed by atoms with Crippen LogP contribution in [0.4, 0.5) is 5.69 Å². The summed E-state index contributed by atoms with van der Waals surface area (Å²) in [5.74, 6) is 1.00. The van der Waals surface area contributed by atoms with Crippen LogP contribution in [0.2, 0.25) is 0 Å². The van der Waals surface area contributed by atoms with Crippen LogP contribution in [0.3, 0.4) is 0 Å². The van der Waals surface area contributed by atoms with Crippen molar-refractivity contribution in [1.82, 2.24) is 9.47 Å². The molecule has 31 heavy (non-hydrogen) atoms. The van der Waals surface area contributed by atoms with Crippen LogP contribution in [-0.2, 0) is 0 Å². The molecule has 0 bridgehead atoms. The maximum Gasteiger partial charge on any atom is 0.248 e. The zero-order chi connectivity index (χ0) is 21.4. The predicted molar refractivity (Wildman–Crippen MR) is 126 cm³/mol. The fraction of sp³-hybridized carbons (Fsp3) is 0.269. The van der Waals surface area contributed by atoms with Crippen LogP contribution in [0.25, 0.3) is 21.8 Å². The van der Waals surface area contributed by atoms with Gasteiger partial charge in [0, 0.05) is 42.6 Å². The van der Waals surface area contributed by atoms with E-state index in [4.69, 9.17) is 4.74 Å². The second kappa shape index (κ2) is 8.08. The molecule has 0 radical (unpaired) electrons. The Morgan fingerprint density at radius 3 is 1.90 bits per heavy atom. The van der Waals surface area contributed by atoms with E-state index in [1.165, 1.54) is 5.69 Å². The van der Waals surface area contributed by atoms with Gasteiger partial charge in [0.05, 0.1) is 24.2 Å². The summed E-state index contributed by atoms with van der Waals surface area (Å²) in [6.07, 6.45) is 0. The Bertz CT molecular complexity index is 1170. The molecular weight excluding hydrogens is 386 g/mol. The first-order valence-electron chi connectivity index (χ1n) is 10.8. The third kappa shape index (κ3) is 3.45. The topological polar surface area (TPSA) is 37.7 Å². The van der Waals surface area contributed by atoms with Crippen LogP contribution < -0.4 is 9.64 Å². The minimum atomic E-state index is -0.183. The number of methoxy groups -OCH3 is 1. The summed E-state index contributed by atoms with van der Waals surface area (Å²) in [6.45, 7) is 5.55. The van der Waals surface area contributed by atoms with E-state index < -0.39 is 0 Å². The maximum atomic E-state index is 13.6. The molecule has 0 spiro atoms. The van der Waals surface area contributed by atoms with Crippen molar-refractivity contribution in [2.45, 2.75) is 13.0 Å². The molecule has 3 aromatic carbocycles. The van der Waals surface area contributed by atoms with Crippen LogP contribution in [0.1, 0.15) is 11.7 Å². The fourth-order valence-electron chi connectivity index (χ4n) is 4.66. The number of benzene rings is 3. The highest BCUT2D eigenvalue weighted by Crippen LogP contribution is 2.29. The minimum absolute atomic E-state index is 0.135. The van der Waals surface area contributed by atoms with Crippen LogP contribution >= 0.6 is 0 Å². The van der Waals surface area contributed by atoms with Gasteiger partial charge in [-0.05, 0) is 43.3 Å². The molecule has 1 aliphatic rings. The van der Waals surface area contributed by atoms with Gasteiger partial charge < -0.3 is 9.64 Å². The molecule has 0 aliphatic carbocycles. The fourth-order valence-corrected chi connectivity index (χ4v) is 4.66. The van der Waals surface area contributed by atoms with E-state index in [9.17, 15) is 4.79 Å². The number of hydrogen-bond acceptors (Lipinski definition) is 4. The lowest BCUT2D eigenvalue weighted by Crippen LogP contribution is -2.52. The second-order valence-corrected chi connectivity index (χ2v) is 8.10. The average Bonchev–Trinajstić information content (AvgIpc) is 3.18. The highest BCUT2D eigenvalue weighted by atomic mass is 16.5. The average molecular weight is 414 g/mol. The van der Waals surface area contributed by atoms with Crippen molar-refractivity contribution < 1.29 is 9.53 Å². The number of ether oxygens (including phenoxy) is 1. The van der Waals surface area contributed by atoms with E-state index in [2.05, 4.69) is 34.1 Å². The summed E-state index contributed by atoms with van der Waals surface area (Å²) in [6, 6.07) is 24.4. The lowest BCUT2D eigenvalue weighted by Gasteiger charge is -2.38. The van der Waals surface area contributed by atoms with Gasteiger partial charge in [-0.2, -0.15) is 0 Å². The first-order valence-corrected chi connectivity index (χ1v) is 10.8. The van der Waals surface area contributed by atoms with Crippen molar-refractivity contribution in [3.63, 3.8) is 0 Å². The Kier molecular flexibility index (Phi) is 5.12. The molecule has 0 N–H and O–H groups in total. The van der Waals surface area contributed by atoms with Gasteiger partial charge in [-0.3, -0.25) is 14.3 Å². The summed E-state index contributed by atoms with van der Waals surface area (Å²) in [5.41, 5.74) is 3.16. The van der Waals surface area contributed by atoms with Crippen LogP contribution in [-0.4, -0.2) is 54.7 Å². The number of rotatable bonds is 4. The van der Waals surface area contributed by atoms with Crippen molar-refractivity contribution in [1.29, 1.82) is 0 Å². The van der Waals surface area contributed by atoms with Crippen molar-refractivity contribution in [3.8, 4) is 5.75 Å². The van der Waals surface area contributed by atoms with E-state index >= 15 is 0 Å². The van der Waals surface area contributed by atoms with Gasteiger partial charge in [0.2, 0.25) is 5.91 Å². The van der Waals surface area contributed by atoms with Gasteiger partial charge in [-0.1, -0.05) is 36.4 Å². The Morgan fingerprint density at radius 2 is 1.35 bits per heavy atom. The van der Waals surface area contributed by atoms with Gasteiger partial charge in [0.25, 0.3) is 0 Å². The van der Waals surface area contributed by atoms with Gasteiger partial charge in [-0.25, -0.2) is 0 Å². The van der Waals surface area contributed by atoms with E-state index in [1.54, 1.807) is 7.11 Å². The molecule has 2 heterocycles. The zero-order valence-electron chi connectivity index (χ0n) is 18.0. The number of piperazine rings is 1. The first-order chi connectivity index (χ1) is 15.2. The summed E-state index contributed by atoms with van der Waals surface area (Å²) >= 11 is 0. The first kappa shape index (κ1) is 19.6. The molecule has 158 valence electrons. The maximum absolute atomic E-state index is 13.6. The Morgan fingerprint density at radius 1 is 0.806 bits per heavy atom. The molecule has 1 atom stereocenters. The van der Waals surface area contributed by atoms with E-state index in [-0.39, 0.29) is 11.9 Å². The molecule has 0 amide bonds. The number of carbonyl (C=O) groups is 1. The smallest absolute Gasteiger partial charge is 0.248 e. The SMILES string of the molecule is COc1ccc(N2CCN([C@@H](C)C(=O)n3c4ccccc4c4ccccc43)CC2)cc1. The number of carbonyl (C=O) groups excluding carboxylic acids is 1. The second-order valence-electron chi connectivity index (χ2n) is 8.10. The Hall–Kier alpha value is -3.31. The molecule has 1 aromatic heterocycles. The molecule has 1 saturated heterocycles. The van der Waals surface area contributed by atoms with E-state index in [0.717, 1.165) is 53.7 Å². The summed E-state index contributed by atoms with van der Waals surface area (Å²) in [7, 11) is 1.68. The molecule has 0 saturated carbocycles. The Labute approximate surface area is 182 Å². The number of para-hydroxylation sites is 2. The van der Waals surface area contributed by atoms with Gasteiger partial charge in [-0.15, -0.1) is 0 Å².